The Bertz CT molecular complexity index is 933. The summed E-state index contributed by atoms with van der Waals surface area (Å²) in [5.41, 5.74) is 2.57. The molecule has 2 fully saturated rings. The molecule has 0 unspecified atom stereocenters. The molecule has 4 nitrogen and oxygen atoms in total. The van der Waals surface area contributed by atoms with Gasteiger partial charge in [0.05, 0.1) is 11.5 Å². The van der Waals surface area contributed by atoms with Crippen molar-refractivity contribution in [3.05, 3.63) is 64.7 Å². The minimum absolute atomic E-state index is 0.00832. The molecule has 4 rings (SSSR count). The molecule has 1 N–H and O–H groups in total. The van der Waals surface area contributed by atoms with Gasteiger partial charge in [0.1, 0.15) is 0 Å². The van der Waals surface area contributed by atoms with Crippen LogP contribution in [-0.4, -0.2) is 28.2 Å². The van der Waals surface area contributed by atoms with E-state index in [0.717, 1.165) is 51.2 Å². The molecule has 0 atom stereocenters. The van der Waals surface area contributed by atoms with Crippen molar-refractivity contribution < 1.29 is 13.2 Å². The first-order chi connectivity index (χ1) is 14.4. The Kier molecular flexibility index (Phi) is 6.83. The summed E-state index contributed by atoms with van der Waals surface area (Å²) in [5, 5.41) is 0.530. The molecular weight excluding hydrogens is 418 g/mol. The minimum atomic E-state index is -3.52. The highest BCUT2D eigenvalue weighted by atomic mass is 35.5. The lowest BCUT2D eigenvalue weighted by Crippen LogP contribution is -2.43. The molecule has 2 aliphatic rings. The van der Waals surface area contributed by atoms with Crippen molar-refractivity contribution >= 4 is 21.6 Å². The third-order valence-corrected chi connectivity index (χ3v) is 8.03. The summed E-state index contributed by atoms with van der Waals surface area (Å²) in [6.45, 7) is 2.16. The molecule has 2 saturated carbocycles. The van der Waals surface area contributed by atoms with Crippen LogP contribution in [-0.2, 0) is 27.6 Å². The quantitative estimate of drug-likeness (QED) is 0.493. The number of hydrogen-bond donors (Lipinski definition) is 1. The van der Waals surface area contributed by atoms with Gasteiger partial charge >= 0.3 is 0 Å². The van der Waals surface area contributed by atoms with Gasteiger partial charge in [0.25, 0.3) is 0 Å². The summed E-state index contributed by atoms with van der Waals surface area (Å²) >= 11 is 5.87. The van der Waals surface area contributed by atoms with E-state index in [1.54, 1.807) is 24.3 Å². The first-order valence-electron chi connectivity index (χ1n) is 10.9. The van der Waals surface area contributed by atoms with E-state index in [0.29, 0.717) is 11.6 Å². The van der Waals surface area contributed by atoms with Crippen LogP contribution < -0.4 is 4.72 Å². The second-order valence-corrected chi connectivity index (χ2v) is 11.1. The molecule has 2 aromatic carbocycles. The van der Waals surface area contributed by atoms with Crippen molar-refractivity contribution in [2.75, 3.05) is 19.8 Å². The molecule has 2 aliphatic carbocycles. The predicted octanol–water partition coefficient (Wildman–Crippen LogP) is 5.00. The monoisotopic (exact) mass is 447 g/mol. The lowest BCUT2D eigenvalue weighted by molar-refractivity contribution is 0.127. The van der Waals surface area contributed by atoms with Gasteiger partial charge < -0.3 is 4.74 Å². The van der Waals surface area contributed by atoms with E-state index >= 15 is 0 Å². The zero-order chi connectivity index (χ0) is 21.0. The summed E-state index contributed by atoms with van der Waals surface area (Å²) < 4.78 is 33.8. The topological polar surface area (TPSA) is 55.4 Å². The van der Waals surface area contributed by atoms with Crippen LogP contribution in [0.5, 0.6) is 0 Å². The van der Waals surface area contributed by atoms with E-state index in [2.05, 4.69) is 29.0 Å². The Hall–Kier alpha value is -1.40. The normalized spacial score (nSPS) is 18.2. The number of rotatable bonds is 11. The van der Waals surface area contributed by atoms with Crippen LogP contribution in [0, 0.1) is 11.3 Å². The van der Waals surface area contributed by atoms with Gasteiger partial charge in [-0.15, -0.1) is 0 Å². The third kappa shape index (κ3) is 5.85. The predicted molar refractivity (Wildman–Crippen MR) is 120 cm³/mol. The molecule has 0 heterocycles. The fourth-order valence-corrected chi connectivity index (χ4v) is 5.30. The summed E-state index contributed by atoms with van der Waals surface area (Å²) in [5.74, 6) is 0.808. The molecule has 2 aromatic rings. The van der Waals surface area contributed by atoms with Gasteiger partial charge in [-0.3, -0.25) is 0 Å². The van der Waals surface area contributed by atoms with Crippen molar-refractivity contribution in [2.45, 2.75) is 49.8 Å². The van der Waals surface area contributed by atoms with E-state index in [1.165, 1.54) is 24.0 Å². The first kappa shape index (κ1) is 21.8. The van der Waals surface area contributed by atoms with Crippen LogP contribution in [0.3, 0.4) is 0 Å². The molecular formula is C24H30ClNO3S. The van der Waals surface area contributed by atoms with Crippen molar-refractivity contribution in [3.63, 3.8) is 0 Å². The van der Waals surface area contributed by atoms with Gasteiger partial charge in [-0.1, -0.05) is 42.3 Å². The second-order valence-electron chi connectivity index (χ2n) is 8.89. The van der Waals surface area contributed by atoms with Gasteiger partial charge in [0, 0.05) is 18.2 Å². The van der Waals surface area contributed by atoms with Crippen molar-refractivity contribution in [1.82, 2.24) is 4.72 Å². The molecule has 162 valence electrons. The van der Waals surface area contributed by atoms with Crippen molar-refractivity contribution in [1.29, 1.82) is 0 Å². The molecule has 0 radical (unpaired) electrons. The maximum atomic E-state index is 12.6. The third-order valence-electron chi connectivity index (χ3n) is 6.36. The van der Waals surface area contributed by atoms with Gasteiger partial charge in [-0.05, 0) is 85.3 Å². The molecule has 6 heteroatoms. The van der Waals surface area contributed by atoms with Crippen LogP contribution in [0.15, 0.2) is 53.4 Å². The average Bonchev–Trinajstić information content (AvgIpc) is 3.53. The molecule has 0 amide bonds. The maximum Gasteiger partial charge on any atom is 0.240 e. The average molecular weight is 448 g/mol. The lowest BCUT2D eigenvalue weighted by Gasteiger charge is -2.42. The minimum Gasteiger partial charge on any atom is -0.381 e. The Morgan fingerprint density at radius 2 is 1.67 bits per heavy atom. The Morgan fingerprint density at radius 3 is 2.27 bits per heavy atom. The smallest absolute Gasteiger partial charge is 0.240 e. The molecule has 0 aromatic heterocycles. The van der Waals surface area contributed by atoms with Crippen LogP contribution in [0.4, 0.5) is 0 Å². The highest BCUT2D eigenvalue weighted by Crippen LogP contribution is 2.43. The van der Waals surface area contributed by atoms with E-state index in [1.807, 2.05) is 0 Å². The van der Waals surface area contributed by atoms with Gasteiger partial charge in [-0.2, -0.15) is 0 Å². The number of halogens is 1. The van der Waals surface area contributed by atoms with Crippen LogP contribution >= 0.6 is 11.6 Å². The molecule has 30 heavy (non-hydrogen) atoms. The van der Waals surface area contributed by atoms with Crippen molar-refractivity contribution in [3.8, 4) is 0 Å². The fraction of sp³-hybridized carbons (Fsp3) is 0.500. The summed E-state index contributed by atoms with van der Waals surface area (Å²) in [7, 11) is -3.52. The number of sulfonamides is 1. The highest BCUT2D eigenvalue weighted by molar-refractivity contribution is 7.89. The van der Waals surface area contributed by atoms with E-state index in [9.17, 15) is 8.42 Å². The van der Waals surface area contributed by atoms with Gasteiger partial charge in [0.2, 0.25) is 10.0 Å². The number of ether oxygens (including phenoxy) is 1. The number of hydrogen-bond acceptors (Lipinski definition) is 3. The van der Waals surface area contributed by atoms with Gasteiger partial charge in [-0.25, -0.2) is 13.1 Å². The zero-order valence-corrected chi connectivity index (χ0v) is 18.9. The lowest BCUT2D eigenvalue weighted by atomic mass is 9.65. The number of nitrogens with one attached hydrogen (secondary N) is 1. The Balaban J connectivity index is 1.30. The van der Waals surface area contributed by atoms with Crippen molar-refractivity contribution in [2.24, 2.45) is 11.3 Å². The fourth-order valence-electron chi connectivity index (χ4n) is 4.02. The maximum absolute atomic E-state index is 12.6. The van der Waals surface area contributed by atoms with Crippen LogP contribution in [0.25, 0.3) is 0 Å². The van der Waals surface area contributed by atoms with E-state index in [-0.39, 0.29) is 10.3 Å². The Morgan fingerprint density at radius 1 is 1.00 bits per heavy atom. The first-order valence-corrected chi connectivity index (χ1v) is 12.7. The standard InChI is InChI=1S/C24H30ClNO3S/c25-22-8-10-23(11-9-22)30(27,28)26-18-24(13-1-14-24)16-20-4-2-19(3-5-20)12-15-29-17-21-6-7-21/h2-5,8-11,21,26H,1,6-7,12-18H2. The summed E-state index contributed by atoms with van der Waals surface area (Å²) in [6, 6.07) is 15.0. The van der Waals surface area contributed by atoms with E-state index in [4.69, 9.17) is 16.3 Å². The van der Waals surface area contributed by atoms with Gasteiger partial charge in [0.15, 0.2) is 0 Å². The summed E-state index contributed by atoms with van der Waals surface area (Å²) in [6.07, 6.45) is 7.74. The molecule has 0 saturated heterocycles. The second kappa shape index (κ2) is 9.39. The molecule has 0 aliphatic heterocycles. The summed E-state index contributed by atoms with van der Waals surface area (Å²) in [4.78, 5) is 0.259. The molecule has 0 spiro atoms. The molecule has 0 bridgehead atoms. The highest BCUT2D eigenvalue weighted by Gasteiger charge is 2.38. The number of benzene rings is 2. The zero-order valence-electron chi connectivity index (χ0n) is 17.3. The Labute approximate surface area is 185 Å². The van der Waals surface area contributed by atoms with E-state index < -0.39 is 10.0 Å². The van der Waals surface area contributed by atoms with Crippen LogP contribution in [0.2, 0.25) is 5.02 Å². The SMILES string of the molecule is O=S(=O)(NCC1(Cc2ccc(CCOCC3CC3)cc2)CCC1)c1ccc(Cl)cc1. The largest absolute Gasteiger partial charge is 0.381 e. The van der Waals surface area contributed by atoms with Crippen LogP contribution in [0.1, 0.15) is 43.2 Å².